The number of methoxy groups -OCH3 is 1. The highest BCUT2D eigenvalue weighted by atomic mass is 16.5. The third-order valence-corrected chi connectivity index (χ3v) is 4.59. The van der Waals surface area contributed by atoms with Crippen molar-refractivity contribution in [2.75, 3.05) is 13.7 Å². The molecule has 0 atom stereocenters. The van der Waals surface area contributed by atoms with Crippen LogP contribution in [0.2, 0.25) is 0 Å². The second-order valence-corrected chi connectivity index (χ2v) is 7.16. The molecule has 0 spiro atoms. The minimum absolute atomic E-state index is 0.0581. The zero-order chi connectivity index (χ0) is 19.4. The van der Waals surface area contributed by atoms with Crippen LogP contribution in [0.3, 0.4) is 0 Å². The highest BCUT2D eigenvalue weighted by Crippen LogP contribution is 2.36. The Kier molecular flexibility index (Phi) is 5.65. The molecule has 3 N–H and O–H groups in total. The quantitative estimate of drug-likeness (QED) is 0.765. The van der Waals surface area contributed by atoms with Gasteiger partial charge in [-0.25, -0.2) is 0 Å². The Bertz CT molecular complexity index is 797. The highest BCUT2D eigenvalue weighted by Gasteiger charge is 2.36. The van der Waals surface area contributed by atoms with E-state index in [0.717, 1.165) is 25.7 Å². The van der Waals surface area contributed by atoms with Gasteiger partial charge in [-0.05, 0) is 44.9 Å². The van der Waals surface area contributed by atoms with Gasteiger partial charge in [-0.15, -0.1) is 0 Å². The van der Waals surface area contributed by atoms with Crippen LogP contribution in [0.4, 0.5) is 0 Å². The maximum absolute atomic E-state index is 11.8. The molecule has 0 unspecified atom stereocenters. The fraction of sp³-hybridized carbons (Fsp3) is 0.526. The van der Waals surface area contributed by atoms with Crippen molar-refractivity contribution in [1.29, 1.82) is 0 Å². The van der Waals surface area contributed by atoms with Gasteiger partial charge in [0.25, 0.3) is 11.8 Å². The number of nitrogens with zero attached hydrogens (tertiary/aromatic N) is 2. The van der Waals surface area contributed by atoms with Gasteiger partial charge in [-0.3, -0.25) is 4.79 Å². The Morgan fingerprint density at radius 1 is 1.33 bits per heavy atom. The molecule has 1 aliphatic carbocycles. The maximum Gasteiger partial charge on any atom is 0.258 e. The van der Waals surface area contributed by atoms with Crippen LogP contribution in [0.1, 0.15) is 45.4 Å². The smallest absolute Gasteiger partial charge is 0.258 e. The van der Waals surface area contributed by atoms with Gasteiger partial charge < -0.3 is 25.0 Å². The molecule has 1 aliphatic rings. The fourth-order valence-electron chi connectivity index (χ4n) is 3.20. The predicted molar refractivity (Wildman–Crippen MR) is 99.4 cm³/mol. The monoisotopic (exact) mass is 374 g/mol. The summed E-state index contributed by atoms with van der Waals surface area (Å²) in [4.78, 5) is 16.2. The van der Waals surface area contributed by atoms with Gasteiger partial charge in [-0.2, -0.15) is 4.98 Å². The van der Waals surface area contributed by atoms with Gasteiger partial charge in [0, 0.05) is 11.6 Å². The zero-order valence-electron chi connectivity index (χ0n) is 15.9. The van der Waals surface area contributed by atoms with Crippen molar-refractivity contribution in [3.63, 3.8) is 0 Å². The summed E-state index contributed by atoms with van der Waals surface area (Å²) in [6.07, 6.45) is 3.87. The SMILES string of the molecule is COc1cc(-c2nc(C3(N)CCCC3)no2)ccc1OCC(=O)NC(C)C. The van der Waals surface area contributed by atoms with Crippen LogP contribution in [0, 0.1) is 0 Å². The molecule has 146 valence electrons. The average Bonchev–Trinajstić information content (AvgIpc) is 3.29. The van der Waals surface area contributed by atoms with Crippen LogP contribution in [-0.2, 0) is 10.3 Å². The Morgan fingerprint density at radius 3 is 2.74 bits per heavy atom. The zero-order valence-corrected chi connectivity index (χ0v) is 15.9. The number of aromatic nitrogens is 2. The van der Waals surface area contributed by atoms with E-state index in [2.05, 4.69) is 15.5 Å². The highest BCUT2D eigenvalue weighted by molar-refractivity contribution is 5.77. The van der Waals surface area contributed by atoms with Crippen molar-refractivity contribution in [1.82, 2.24) is 15.5 Å². The summed E-state index contributed by atoms with van der Waals surface area (Å²) in [5.74, 6) is 1.67. The number of rotatable bonds is 7. The molecule has 3 rings (SSSR count). The minimum atomic E-state index is -0.501. The third-order valence-electron chi connectivity index (χ3n) is 4.59. The molecule has 1 aromatic heterocycles. The number of amides is 1. The molecule has 27 heavy (non-hydrogen) atoms. The Balaban J connectivity index is 1.74. The van der Waals surface area contributed by atoms with Gasteiger partial charge in [0.2, 0.25) is 0 Å². The Morgan fingerprint density at radius 2 is 2.07 bits per heavy atom. The number of carbonyl (C=O) groups excluding carboxylic acids is 1. The van der Waals surface area contributed by atoms with Crippen molar-refractivity contribution in [2.24, 2.45) is 5.73 Å². The van der Waals surface area contributed by atoms with Crippen LogP contribution in [0.15, 0.2) is 22.7 Å². The number of benzene rings is 1. The topological polar surface area (TPSA) is 112 Å². The summed E-state index contributed by atoms with van der Waals surface area (Å²) >= 11 is 0. The normalized spacial score (nSPS) is 15.7. The predicted octanol–water partition coefficient (Wildman–Crippen LogP) is 2.38. The first kappa shape index (κ1) is 19.2. The number of hydrogen-bond acceptors (Lipinski definition) is 7. The van der Waals surface area contributed by atoms with Crippen molar-refractivity contribution < 1.29 is 18.8 Å². The largest absolute Gasteiger partial charge is 0.493 e. The second-order valence-electron chi connectivity index (χ2n) is 7.16. The molecule has 0 bridgehead atoms. The van der Waals surface area contributed by atoms with Crippen molar-refractivity contribution in [3.05, 3.63) is 24.0 Å². The maximum atomic E-state index is 11.8. The lowest BCUT2D eigenvalue weighted by Crippen LogP contribution is -2.34. The van der Waals surface area contributed by atoms with Crippen LogP contribution in [0.25, 0.3) is 11.5 Å². The molecule has 2 aromatic rings. The Hall–Kier alpha value is -2.61. The minimum Gasteiger partial charge on any atom is -0.493 e. The molecule has 0 saturated heterocycles. The van der Waals surface area contributed by atoms with E-state index >= 15 is 0 Å². The first-order chi connectivity index (χ1) is 12.9. The molecule has 1 heterocycles. The second kappa shape index (κ2) is 7.96. The molecule has 0 aliphatic heterocycles. The van der Waals surface area contributed by atoms with Crippen LogP contribution in [-0.4, -0.2) is 35.8 Å². The van der Waals surface area contributed by atoms with E-state index in [-0.39, 0.29) is 18.6 Å². The van der Waals surface area contributed by atoms with Gasteiger partial charge >= 0.3 is 0 Å². The number of hydrogen-bond donors (Lipinski definition) is 2. The molecule has 1 fully saturated rings. The van der Waals surface area contributed by atoms with Gasteiger partial charge in [0.05, 0.1) is 12.6 Å². The summed E-state index contributed by atoms with van der Waals surface area (Å²) in [7, 11) is 1.53. The van der Waals surface area contributed by atoms with E-state index in [1.54, 1.807) is 18.2 Å². The summed E-state index contributed by atoms with van der Waals surface area (Å²) in [5, 5.41) is 6.85. The summed E-state index contributed by atoms with van der Waals surface area (Å²) in [5.41, 5.74) is 6.59. The van der Waals surface area contributed by atoms with E-state index in [4.69, 9.17) is 19.7 Å². The lowest BCUT2D eigenvalue weighted by Gasteiger charge is -2.17. The van der Waals surface area contributed by atoms with Crippen molar-refractivity contribution >= 4 is 5.91 Å². The van der Waals surface area contributed by atoms with Crippen molar-refractivity contribution in [2.45, 2.75) is 51.1 Å². The number of carbonyl (C=O) groups is 1. The molecule has 8 heteroatoms. The van der Waals surface area contributed by atoms with Crippen molar-refractivity contribution in [3.8, 4) is 23.0 Å². The van der Waals surface area contributed by atoms with Crippen LogP contribution in [0.5, 0.6) is 11.5 Å². The van der Waals surface area contributed by atoms with Crippen LogP contribution >= 0.6 is 0 Å². The van der Waals surface area contributed by atoms with Gasteiger partial charge in [-0.1, -0.05) is 18.0 Å². The first-order valence-corrected chi connectivity index (χ1v) is 9.15. The molecular weight excluding hydrogens is 348 g/mol. The molecule has 0 radical (unpaired) electrons. The lowest BCUT2D eigenvalue weighted by atomic mass is 9.99. The van der Waals surface area contributed by atoms with E-state index in [1.165, 1.54) is 7.11 Å². The van der Waals surface area contributed by atoms with Gasteiger partial charge in [0.15, 0.2) is 23.9 Å². The average molecular weight is 374 g/mol. The molecular formula is C19H26N4O4. The number of nitrogens with one attached hydrogen (secondary N) is 1. The molecule has 1 amide bonds. The standard InChI is InChI=1S/C19H26N4O4/c1-12(2)21-16(24)11-26-14-7-6-13(10-15(14)25-3)17-22-18(23-27-17)19(20)8-4-5-9-19/h6-7,10,12H,4-5,8-9,11,20H2,1-3H3,(H,21,24). The van der Waals surface area contributed by atoms with E-state index in [0.29, 0.717) is 28.8 Å². The first-order valence-electron chi connectivity index (χ1n) is 9.15. The lowest BCUT2D eigenvalue weighted by molar-refractivity contribution is -0.123. The van der Waals surface area contributed by atoms with Crippen LogP contribution < -0.4 is 20.5 Å². The fourth-order valence-corrected chi connectivity index (χ4v) is 3.20. The van der Waals surface area contributed by atoms with E-state index in [9.17, 15) is 4.79 Å². The molecule has 8 nitrogen and oxygen atoms in total. The molecule has 1 saturated carbocycles. The van der Waals surface area contributed by atoms with Gasteiger partial charge in [0.1, 0.15) is 0 Å². The Labute approximate surface area is 158 Å². The van der Waals surface area contributed by atoms with E-state index in [1.807, 2.05) is 13.8 Å². The summed E-state index contributed by atoms with van der Waals surface area (Å²) in [6, 6.07) is 5.30. The number of ether oxygens (including phenoxy) is 2. The van der Waals surface area contributed by atoms with E-state index < -0.39 is 5.54 Å². The summed E-state index contributed by atoms with van der Waals surface area (Å²) < 4.78 is 16.3. The molecule has 1 aromatic carbocycles. The summed E-state index contributed by atoms with van der Waals surface area (Å²) in [6.45, 7) is 3.69. The third kappa shape index (κ3) is 4.39. The number of nitrogens with two attached hydrogens (primary N) is 1.